The lowest BCUT2D eigenvalue weighted by Gasteiger charge is -2.20. The van der Waals surface area contributed by atoms with Crippen molar-refractivity contribution in [3.8, 4) is 22.3 Å². The van der Waals surface area contributed by atoms with E-state index < -0.39 is 8.07 Å². The lowest BCUT2D eigenvalue weighted by molar-refractivity contribution is 1.60. The highest BCUT2D eigenvalue weighted by atomic mass is 28.3. The van der Waals surface area contributed by atoms with E-state index in [0.29, 0.717) is 0 Å². The Hall–Kier alpha value is -4.20. The number of hydrogen-bond donors (Lipinski definition) is 0. The normalized spacial score (nSPS) is 13.1. The van der Waals surface area contributed by atoms with E-state index in [-0.39, 0.29) is 0 Å². The fraction of sp³-hybridized carbons (Fsp3) is 0.0286. The van der Waals surface area contributed by atoms with Crippen LogP contribution in [0, 0.1) is 0 Å². The van der Waals surface area contributed by atoms with Crippen LogP contribution in [0.2, 0.25) is 6.55 Å². The van der Waals surface area contributed by atoms with E-state index in [1.165, 1.54) is 38.6 Å². The fourth-order valence-electron chi connectivity index (χ4n) is 4.42. The standard InChI is InChI=1S/C35H30Si/c1-36(35-15-9-4-10-16-35,27-25-29-17-21-33(22-18-29)31-11-5-2-6-12-31)28-26-30-19-23-34(24-20-30)32-13-7-3-8-14-32/h2-28H,1H3. The van der Waals surface area contributed by atoms with E-state index in [2.05, 4.69) is 170 Å². The molecule has 0 spiro atoms. The van der Waals surface area contributed by atoms with Gasteiger partial charge < -0.3 is 0 Å². The molecule has 0 saturated heterocycles. The first-order valence-corrected chi connectivity index (χ1v) is 15.1. The van der Waals surface area contributed by atoms with Crippen LogP contribution in [0.25, 0.3) is 34.4 Å². The molecule has 0 heterocycles. The minimum Gasteiger partial charge on any atom is -0.0859 e. The highest BCUT2D eigenvalue weighted by Gasteiger charge is 2.22. The fourth-order valence-corrected chi connectivity index (χ4v) is 6.90. The van der Waals surface area contributed by atoms with Crippen LogP contribution in [-0.2, 0) is 0 Å². The summed E-state index contributed by atoms with van der Waals surface area (Å²) < 4.78 is 0. The maximum absolute atomic E-state index is 2.44. The predicted molar refractivity (Wildman–Crippen MR) is 160 cm³/mol. The van der Waals surface area contributed by atoms with Crippen LogP contribution in [0.3, 0.4) is 0 Å². The summed E-state index contributed by atoms with van der Waals surface area (Å²) in [6.45, 7) is 2.41. The van der Waals surface area contributed by atoms with Crippen molar-refractivity contribution in [2.24, 2.45) is 0 Å². The average Bonchev–Trinajstić information content (AvgIpc) is 2.97. The highest BCUT2D eigenvalue weighted by Crippen LogP contribution is 2.22. The third-order valence-electron chi connectivity index (χ3n) is 6.68. The van der Waals surface area contributed by atoms with Crippen LogP contribution in [0.4, 0.5) is 0 Å². The van der Waals surface area contributed by atoms with Crippen LogP contribution in [0.15, 0.2) is 151 Å². The topological polar surface area (TPSA) is 0 Å². The van der Waals surface area contributed by atoms with Crippen LogP contribution < -0.4 is 5.19 Å². The van der Waals surface area contributed by atoms with Crippen molar-refractivity contribution in [1.29, 1.82) is 0 Å². The third kappa shape index (κ3) is 5.71. The zero-order valence-corrected chi connectivity index (χ0v) is 21.6. The molecule has 0 amide bonds. The van der Waals surface area contributed by atoms with Gasteiger partial charge in [-0.05, 0) is 33.4 Å². The van der Waals surface area contributed by atoms with Crippen LogP contribution in [0.5, 0.6) is 0 Å². The lowest BCUT2D eigenvalue weighted by atomic mass is 10.0. The first-order chi connectivity index (χ1) is 17.7. The lowest BCUT2D eigenvalue weighted by Crippen LogP contribution is -2.41. The summed E-state index contributed by atoms with van der Waals surface area (Å²) in [5.41, 5.74) is 12.3. The van der Waals surface area contributed by atoms with Gasteiger partial charge in [0.25, 0.3) is 0 Å². The SMILES string of the molecule is C[Si](C=Cc1ccc(-c2ccccc2)cc1)(C=Cc1ccc(-c2ccccc2)cc1)c1ccccc1. The molecule has 5 aromatic rings. The Morgan fingerprint density at radius 1 is 0.389 bits per heavy atom. The minimum absolute atomic E-state index is 1.23. The molecule has 0 saturated carbocycles. The van der Waals surface area contributed by atoms with Crippen molar-refractivity contribution in [3.63, 3.8) is 0 Å². The molecule has 0 aromatic heterocycles. The van der Waals surface area contributed by atoms with E-state index in [4.69, 9.17) is 0 Å². The van der Waals surface area contributed by atoms with E-state index in [1.54, 1.807) is 0 Å². The van der Waals surface area contributed by atoms with Crippen molar-refractivity contribution in [2.45, 2.75) is 6.55 Å². The highest BCUT2D eigenvalue weighted by molar-refractivity contribution is 6.99. The molecule has 0 N–H and O–H groups in total. The molecular weight excluding hydrogens is 448 g/mol. The van der Waals surface area contributed by atoms with Gasteiger partial charge >= 0.3 is 0 Å². The molecule has 0 aliphatic rings. The van der Waals surface area contributed by atoms with Gasteiger partial charge in [-0.15, -0.1) is 0 Å². The molecule has 0 fully saturated rings. The molecule has 5 aromatic carbocycles. The van der Waals surface area contributed by atoms with E-state index >= 15 is 0 Å². The molecule has 0 bridgehead atoms. The second-order valence-corrected chi connectivity index (χ2v) is 13.1. The summed E-state index contributed by atoms with van der Waals surface area (Å²) in [4.78, 5) is 0. The monoisotopic (exact) mass is 478 g/mol. The van der Waals surface area contributed by atoms with Gasteiger partial charge in [0.05, 0.1) is 0 Å². The van der Waals surface area contributed by atoms with Crippen molar-refractivity contribution >= 4 is 25.4 Å². The van der Waals surface area contributed by atoms with Crippen LogP contribution in [0.1, 0.15) is 11.1 Å². The minimum atomic E-state index is -2.01. The Morgan fingerprint density at radius 2 is 0.722 bits per heavy atom. The van der Waals surface area contributed by atoms with Gasteiger partial charge in [0.1, 0.15) is 8.07 Å². The van der Waals surface area contributed by atoms with E-state index in [9.17, 15) is 0 Å². The van der Waals surface area contributed by atoms with Crippen molar-refractivity contribution in [3.05, 3.63) is 162 Å². The first kappa shape index (κ1) is 23.5. The maximum Gasteiger partial charge on any atom is 0.130 e. The second kappa shape index (κ2) is 11.0. The Morgan fingerprint density at radius 3 is 1.11 bits per heavy atom. The van der Waals surface area contributed by atoms with Crippen molar-refractivity contribution in [2.75, 3.05) is 0 Å². The van der Waals surface area contributed by atoms with Gasteiger partial charge in [0, 0.05) is 0 Å². The van der Waals surface area contributed by atoms with Crippen LogP contribution >= 0.6 is 0 Å². The van der Waals surface area contributed by atoms with Gasteiger partial charge in [-0.25, -0.2) is 0 Å². The van der Waals surface area contributed by atoms with Gasteiger partial charge in [-0.1, -0.05) is 175 Å². The third-order valence-corrected chi connectivity index (χ3v) is 9.97. The Bertz CT molecular complexity index is 1340. The molecule has 1 heteroatoms. The van der Waals surface area contributed by atoms with E-state index in [1.807, 2.05) is 0 Å². The first-order valence-electron chi connectivity index (χ1n) is 12.4. The molecule has 0 unspecified atom stereocenters. The average molecular weight is 479 g/mol. The summed E-state index contributed by atoms with van der Waals surface area (Å²) >= 11 is 0. The predicted octanol–water partition coefficient (Wildman–Crippen LogP) is 8.81. The molecule has 5 rings (SSSR count). The zero-order chi connectivity index (χ0) is 24.6. The Kier molecular flexibility index (Phi) is 7.21. The summed E-state index contributed by atoms with van der Waals surface area (Å²) in [5.74, 6) is 0. The van der Waals surface area contributed by atoms with Gasteiger partial charge in [-0.2, -0.15) is 0 Å². The Labute approximate surface area is 215 Å². The van der Waals surface area contributed by atoms with Crippen LogP contribution in [-0.4, -0.2) is 8.07 Å². The second-order valence-electron chi connectivity index (χ2n) is 9.29. The Balaban J connectivity index is 1.39. The van der Waals surface area contributed by atoms with E-state index in [0.717, 1.165) is 0 Å². The number of hydrogen-bond acceptors (Lipinski definition) is 0. The number of benzene rings is 5. The van der Waals surface area contributed by atoms with Crippen molar-refractivity contribution in [1.82, 2.24) is 0 Å². The van der Waals surface area contributed by atoms with Gasteiger partial charge in [0.2, 0.25) is 0 Å². The molecule has 36 heavy (non-hydrogen) atoms. The zero-order valence-electron chi connectivity index (χ0n) is 20.6. The molecule has 174 valence electrons. The number of rotatable bonds is 7. The summed E-state index contributed by atoms with van der Waals surface area (Å²) in [7, 11) is -2.01. The molecule has 0 nitrogen and oxygen atoms in total. The largest absolute Gasteiger partial charge is 0.130 e. The van der Waals surface area contributed by atoms with Gasteiger partial charge in [0.15, 0.2) is 0 Å². The summed E-state index contributed by atoms with van der Waals surface area (Å²) in [6, 6.07) is 49.7. The maximum atomic E-state index is 2.44. The summed E-state index contributed by atoms with van der Waals surface area (Å²) in [5, 5.41) is 1.40. The quantitative estimate of drug-likeness (QED) is 0.205. The molecule has 0 aliphatic heterocycles. The molecular formula is C35H30Si. The molecule has 0 atom stereocenters. The molecule has 0 aliphatic carbocycles. The van der Waals surface area contributed by atoms with Gasteiger partial charge in [-0.3, -0.25) is 0 Å². The smallest absolute Gasteiger partial charge is 0.0859 e. The molecule has 0 radical (unpaired) electrons. The summed E-state index contributed by atoms with van der Waals surface area (Å²) in [6.07, 6.45) is 4.58. The van der Waals surface area contributed by atoms with Crippen molar-refractivity contribution < 1.29 is 0 Å².